The fourth-order valence-corrected chi connectivity index (χ4v) is 3.89. The van der Waals surface area contributed by atoms with Gasteiger partial charge in [0.2, 0.25) is 0 Å². The van der Waals surface area contributed by atoms with Gasteiger partial charge in [-0.15, -0.1) is 36.2 Å². The topological polar surface area (TPSA) is 80.5 Å². The van der Waals surface area contributed by atoms with Gasteiger partial charge in [-0.25, -0.2) is 4.98 Å². The van der Waals surface area contributed by atoms with Crippen LogP contribution in [-0.4, -0.2) is 55.2 Å². The summed E-state index contributed by atoms with van der Waals surface area (Å²) in [5.74, 6) is -0.156. The smallest absolute Gasteiger partial charge is 0.270 e. The minimum atomic E-state index is -0.156. The molecule has 1 aromatic heterocycles. The molecule has 2 heterocycles. The monoisotopic (exact) mass is 466 g/mol. The van der Waals surface area contributed by atoms with Crippen LogP contribution in [0.3, 0.4) is 0 Å². The summed E-state index contributed by atoms with van der Waals surface area (Å²) in [4.78, 5) is 19.1. The molecule has 1 fully saturated rings. The zero-order valence-electron chi connectivity index (χ0n) is 15.3. The first-order chi connectivity index (χ1) is 12.7. The first-order valence-electron chi connectivity index (χ1n) is 8.67. The van der Waals surface area contributed by atoms with Crippen molar-refractivity contribution in [3.05, 3.63) is 50.9 Å². The number of carbonyl (C=O) groups is 1. The van der Waals surface area contributed by atoms with Crippen molar-refractivity contribution >= 4 is 53.7 Å². The molecule has 2 aromatic rings. The lowest BCUT2D eigenvalue weighted by atomic mass is 10.0. The van der Waals surface area contributed by atoms with E-state index in [0.717, 1.165) is 23.7 Å². The fourth-order valence-electron chi connectivity index (χ4n) is 2.97. The van der Waals surface area contributed by atoms with E-state index in [0.29, 0.717) is 43.4 Å². The standard InChI is InChI=1S/C18H23ClN4O2S.2ClH/c19-14-3-1-13(2-4-14)16(23-7-9-25-10-8-23)11-21-18(24)15-12-26-17(22-15)5-6-20;;/h1-4,12,16H,5-11,20H2,(H,21,24);2*1H. The van der Waals surface area contributed by atoms with Crippen molar-refractivity contribution in [2.45, 2.75) is 12.5 Å². The molecule has 1 saturated heterocycles. The summed E-state index contributed by atoms with van der Waals surface area (Å²) in [5.41, 5.74) is 7.12. The number of nitrogens with one attached hydrogen (secondary N) is 1. The summed E-state index contributed by atoms with van der Waals surface area (Å²) in [5, 5.41) is 6.40. The van der Waals surface area contributed by atoms with Gasteiger partial charge in [-0.2, -0.15) is 0 Å². The number of thiazole rings is 1. The SMILES string of the molecule is Cl.Cl.NCCc1nc(C(=O)NCC(c2ccc(Cl)cc2)N2CCOCC2)cs1. The zero-order valence-corrected chi connectivity index (χ0v) is 18.5. The Balaban J connectivity index is 0.00000196. The van der Waals surface area contributed by atoms with E-state index in [1.54, 1.807) is 5.38 Å². The first-order valence-corrected chi connectivity index (χ1v) is 9.93. The molecule has 0 bridgehead atoms. The van der Waals surface area contributed by atoms with E-state index in [4.69, 9.17) is 22.1 Å². The molecule has 1 aliphatic heterocycles. The number of benzene rings is 1. The Labute approximate surface area is 186 Å². The van der Waals surface area contributed by atoms with Gasteiger partial charge in [0.05, 0.1) is 24.3 Å². The lowest BCUT2D eigenvalue weighted by Crippen LogP contribution is -2.43. The lowest BCUT2D eigenvalue weighted by molar-refractivity contribution is 0.0162. The van der Waals surface area contributed by atoms with Crippen molar-refractivity contribution in [2.75, 3.05) is 39.4 Å². The van der Waals surface area contributed by atoms with Crippen LogP contribution in [0, 0.1) is 0 Å². The highest BCUT2D eigenvalue weighted by Gasteiger charge is 2.23. The molecule has 1 amide bonds. The van der Waals surface area contributed by atoms with Crippen LogP contribution in [0.1, 0.15) is 27.1 Å². The molecule has 1 atom stereocenters. The molecule has 3 rings (SSSR count). The summed E-state index contributed by atoms with van der Waals surface area (Å²) < 4.78 is 5.46. The van der Waals surface area contributed by atoms with Crippen LogP contribution >= 0.6 is 47.8 Å². The molecular weight excluding hydrogens is 443 g/mol. The minimum absolute atomic E-state index is 0. The van der Waals surface area contributed by atoms with Gasteiger partial charge in [-0.3, -0.25) is 9.69 Å². The number of aromatic nitrogens is 1. The van der Waals surface area contributed by atoms with Crippen molar-refractivity contribution in [3.63, 3.8) is 0 Å². The molecule has 1 aromatic carbocycles. The predicted molar refractivity (Wildman–Crippen MR) is 118 cm³/mol. The Morgan fingerprint density at radius 1 is 1.29 bits per heavy atom. The average molecular weight is 468 g/mol. The van der Waals surface area contributed by atoms with Gasteiger partial charge in [0.15, 0.2) is 0 Å². The van der Waals surface area contributed by atoms with Crippen molar-refractivity contribution < 1.29 is 9.53 Å². The highest BCUT2D eigenvalue weighted by molar-refractivity contribution is 7.09. The first kappa shape index (κ1) is 25.1. The molecule has 1 unspecified atom stereocenters. The normalized spacial score (nSPS) is 15.2. The van der Waals surface area contributed by atoms with Crippen LogP contribution in [0.15, 0.2) is 29.6 Å². The van der Waals surface area contributed by atoms with E-state index in [1.165, 1.54) is 11.3 Å². The van der Waals surface area contributed by atoms with E-state index in [-0.39, 0.29) is 36.8 Å². The van der Waals surface area contributed by atoms with Crippen molar-refractivity contribution in [2.24, 2.45) is 5.73 Å². The number of morpholine rings is 1. The second-order valence-corrected chi connectivity index (χ2v) is 7.47. The van der Waals surface area contributed by atoms with Gasteiger partial charge in [0, 0.05) is 36.5 Å². The lowest BCUT2D eigenvalue weighted by Gasteiger charge is -2.34. The summed E-state index contributed by atoms with van der Waals surface area (Å²) in [6.45, 7) is 4.11. The van der Waals surface area contributed by atoms with Crippen LogP contribution < -0.4 is 11.1 Å². The third-order valence-electron chi connectivity index (χ3n) is 4.34. The van der Waals surface area contributed by atoms with Gasteiger partial charge >= 0.3 is 0 Å². The quantitative estimate of drug-likeness (QED) is 0.654. The molecule has 0 saturated carbocycles. The summed E-state index contributed by atoms with van der Waals surface area (Å²) >= 11 is 7.49. The number of hydrogen-bond acceptors (Lipinski definition) is 6. The Hall–Kier alpha value is -0.930. The number of nitrogens with zero attached hydrogens (tertiary/aromatic N) is 2. The second-order valence-electron chi connectivity index (χ2n) is 6.09. The molecule has 1 aliphatic rings. The number of hydrogen-bond donors (Lipinski definition) is 2. The van der Waals surface area contributed by atoms with E-state index in [2.05, 4.69) is 15.2 Å². The summed E-state index contributed by atoms with van der Waals surface area (Å²) in [6.07, 6.45) is 0.694. The average Bonchev–Trinajstić information content (AvgIpc) is 3.13. The number of amides is 1. The number of ether oxygens (including phenoxy) is 1. The van der Waals surface area contributed by atoms with E-state index < -0.39 is 0 Å². The third kappa shape index (κ3) is 6.84. The van der Waals surface area contributed by atoms with Crippen LogP contribution in [0.25, 0.3) is 0 Å². The Kier molecular flexibility index (Phi) is 11.3. The van der Waals surface area contributed by atoms with Gasteiger partial charge < -0.3 is 15.8 Å². The van der Waals surface area contributed by atoms with Crippen LogP contribution in [-0.2, 0) is 11.2 Å². The van der Waals surface area contributed by atoms with Crippen molar-refractivity contribution in [1.29, 1.82) is 0 Å². The number of nitrogens with two attached hydrogens (primary N) is 1. The van der Waals surface area contributed by atoms with Gasteiger partial charge in [0.1, 0.15) is 5.69 Å². The van der Waals surface area contributed by atoms with Gasteiger partial charge in [0.25, 0.3) is 5.91 Å². The molecule has 0 spiro atoms. The maximum absolute atomic E-state index is 12.5. The molecule has 28 heavy (non-hydrogen) atoms. The van der Waals surface area contributed by atoms with Crippen molar-refractivity contribution in [1.82, 2.24) is 15.2 Å². The van der Waals surface area contributed by atoms with Crippen LogP contribution in [0.5, 0.6) is 0 Å². The zero-order chi connectivity index (χ0) is 18.4. The maximum Gasteiger partial charge on any atom is 0.270 e. The number of rotatable bonds is 7. The summed E-state index contributed by atoms with van der Waals surface area (Å²) in [6, 6.07) is 7.85. The molecule has 10 heteroatoms. The molecule has 0 aliphatic carbocycles. The minimum Gasteiger partial charge on any atom is -0.379 e. The van der Waals surface area contributed by atoms with Crippen LogP contribution in [0.2, 0.25) is 5.02 Å². The Morgan fingerprint density at radius 3 is 2.61 bits per heavy atom. The summed E-state index contributed by atoms with van der Waals surface area (Å²) in [7, 11) is 0. The van der Waals surface area contributed by atoms with Gasteiger partial charge in [-0.1, -0.05) is 23.7 Å². The van der Waals surface area contributed by atoms with E-state index in [9.17, 15) is 4.79 Å². The van der Waals surface area contributed by atoms with Gasteiger partial charge in [-0.05, 0) is 24.2 Å². The molecule has 6 nitrogen and oxygen atoms in total. The van der Waals surface area contributed by atoms with E-state index in [1.807, 2.05) is 24.3 Å². The fraction of sp³-hybridized carbons (Fsp3) is 0.444. The highest BCUT2D eigenvalue weighted by atomic mass is 35.5. The Bertz CT molecular complexity index is 724. The largest absolute Gasteiger partial charge is 0.379 e. The number of carbonyl (C=O) groups excluding carboxylic acids is 1. The van der Waals surface area contributed by atoms with Crippen molar-refractivity contribution in [3.8, 4) is 0 Å². The maximum atomic E-state index is 12.5. The molecular formula is C18H25Cl3N4O2S. The highest BCUT2D eigenvalue weighted by Crippen LogP contribution is 2.23. The molecule has 0 radical (unpaired) electrons. The predicted octanol–water partition coefficient (Wildman–Crippen LogP) is 2.94. The number of halogens is 3. The molecule has 3 N–H and O–H groups in total. The van der Waals surface area contributed by atoms with Crippen LogP contribution in [0.4, 0.5) is 0 Å². The van der Waals surface area contributed by atoms with E-state index >= 15 is 0 Å². The molecule has 156 valence electrons. The second kappa shape index (κ2) is 12.6. The Morgan fingerprint density at radius 2 is 1.96 bits per heavy atom. The third-order valence-corrected chi connectivity index (χ3v) is 5.50.